The molecule has 0 unspecified atom stereocenters. The fourth-order valence-corrected chi connectivity index (χ4v) is 3.90. The lowest BCUT2D eigenvalue weighted by Gasteiger charge is -2.19. The van der Waals surface area contributed by atoms with Crippen molar-refractivity contribution in [2.75, 3.05) is 10.7 Å². The van der Waals surface area contributed by atoms with Gasteiger partial charge in [-0.2, -0.15) is 5.10 Å². The van der Waals surface area contributed by atoms with Crippen molar-refractivity contribution in [1.82, 2.24) is 9.78 Å². The van der Waals surface area contributed by atoms with Crippen molar-refractivity contribution < 1.29 is 9.53 Å². The Kier molecular flexibility index (Phi) is 9.91. The van der Waals surface area contributed by atoms with Crippen LogP contribution in [0.25, 0.3) is 16.9 Å². The van der Waals surface area contributed by atoms with Crippen LogP contribution in [0.5, 0.6) is 0 Å². The molecule has 37 heavy (non-hydrogen) atoms. The molecule has 0 bridgehead atoms. The Bertz CT molecular complexity index is 1330. The molecule has 0 fully saturated rings. The monoisotopic (exact) mass is 577 g/mol. The van der Waals surface area contributed by atoms with Crippen LogP contribution in [-0.4, -0.2) is 26.7 Å². The zero-order valence-corrected chi connectivity index (χ0v) is 23.9. The fraction of sp³-hybridized carbons (Fsp3) is 0.214. The van der Waals surface area contributed by atoms with Crippen molar-refractivity contribution in [3.05, 3.63) is 94.0 Å². The Morgan fingerprint density at radius 1 is 0.919 bits per heavy atom. The van der Waals surface area contributed by atoms with Gasteiger partial charge in [0.25, 0.3) is 0 Å². The van der Waals surface area contributed by atoms with E-state index in [1.807, 2.05) is 87.0 Å². The number of hydrogen-bond acceptors (Lipinski definition) is 4. The normalized spacial score (nSPS) is 10.9. The maximum absolute atomic E-state index is 12.3. The van der Waals surface area contributed by atoms with Crippen LogP contribution in [0.2, 0.25) is 10.0 Å². The summed E-state index contributed by atoms with van der Waals surface area (Å²) in [5.41, 5.74) is 4.33. The summed E-state index contributed by atoms with van der Waals surface area (Å²) >= 11 is 22.0. The number of aromatic nitrogens is 2. The number of nitrogens with zero attached hydrogens (tertiary/aromatic N) is 2. The SMILES string of the molecule is Cc1ccc(-n2nc(-c3cc(Cl)cc(Cl)c3)cc2Nc2ccc(C(=O)OC(C)(C)C)cc2)cc1.ClCCl. The van der Waals surface area contributed by atoms with E-state index in [2.05, 4.69) is 5.32 Å². The molecular weight excluding hydrogens is 552 g/mol. The number of hydrogen-bond donors (Lipinski definition) is 1. The molecule has 0 amide bonds. The molecule has 0 spiro atoms. The van der Waals surface area contributed by atoms with Crippen LogP contribution in [0.4, 0.5) is 11.5 Å². The molecule has 1 aromatic heterocycles. The molecule has 0 saturated heterocycles. The Morgan fingerprint density at radius 3 is 2.03 bits per heavy atom. The number of ether oxygens (including phenoxy) is 1. The highest BCUT2D eigenvalue weighted by Crippen LogP contribution is 2.31. The van der Waals surface area contributed by atoms with E-state index in [0.29, 0.717) is 15.6 Å². The summed E-state index contributed by atoms with van der Waals surface area (Å²) in [6.45, 7) is 7.57. The van der Waals surface area contributed by atoms with Crippen LogP contribution in [0.15, 0.2) is 72.8 Å². The van der Waals surface area contributed by atoms with E-state index >= 15 is 0 Å². The lowest BCUT2D eigenvalue weighted by Crippen LogP contribution is -2.23. The minimum Gasteiger partial charge on any atom is -0.456 e. The van der Waals surface area contributed by atoms with Crippen molar-refractivity contribution in [3.8, 4) is 16.9 Å². The maximum atomic E-state index is 12.3. The van der Waals surface area contributed by atoms with Crippen molar-refractivity contribution in [3.63, 3.8) is 0 Å². The number of aryl methyl sites for hydroxylation is 1. The molecule has 9 heteroatoms. The van der Waals surface area contributed by atoms with Gasteiger partial charge in [-0.05, 0) is 82.3 Å². The Morgan fingerprint density at radius 2 is 1.49 bits per heavy atom. The third kappa shape index (κ3) is 8.41. The smallest absolute Gasteiger partial charge is 0.338 e. The van der Waals surface area contributed by atoms with E-state index < -0.39 is 5.60 Å². The van der Waals surface area contributed by atoms with E-state index in [9.17, 15) is 4.79 Å². The van der Waals surface area contributed by atoms with E-state index in [4.69, 9.17) is 56.2 Å². The zero-order chi connectivity index (χ0) is 27.2. The summed E-state index contributed by atoms with van der Waals surface area (Å²) in [6, 6.07) is 22.5. The van der Waals surface area contributed by atoms with Crippen molar-refractivity contribution in [2.24, 2.45) is 0 Å². The van der Waals surface area contributed by atoms with Crippen LogP contribution < -0.4 is 5.32 Å². The summed E-state index contributed by atoms with van der Waals surface area (Å²) in [5.74, 6) is 0.392. The number of benzene rings is 3. The van der Waals surface area contributed by atoms with Crippen LogP contribution in [0, 0.1) is 6.92 Å². The minimum absolute atomic E-state index is 0.194. The van der Waals surface area contributed by atoms with Crippen LogP contribution in [-0.2, 0) is 4.74 Å². The quantitative estimate of drug-likeness (QED) is 0.189. The highest BCUT2D eigenvalue weighted by molar-refractivity contribution is 6.40. The van der Waals surface area contributed by atoms with Crippen LogP contribution in [0.1, 0.15) is 36.7 Å². The largest absolute Gasteiger partial charge is 0.456 e. The van der Waals surface area contributed by atoms with Gasteiger partial charge in [-0.1, -0.05) is 40.9 Å². The van der Waals surface area contributed by atoms with Gasteiger partial charge >= 0.3 is 5.97 Å². The first-order chi connectivity index (χ1) is 17.5. The van der Waals surface area contributed by atoms with Crippen molar-refractivity contribution >= 4 is 63.9 Å². The van der Waals surface area contributed by atoms with Gasteiger partial charge in [0.1, 0.15) is 11.4 Å². The lowest BCUT2D eigenvalue weighted by molar-refractivity contribution is 0.00695. The second-order valence-corrected chi connectivity index (χ2v) is 10.8. The van der Waals surface area contributed by atoms with Gasteiger partial charge in [-0.25, -0.2) is 9.48 Å². The molecule has 1 heterocycles. The van der Waals surface area contributed by atoms with Gasteiger partial charge in [-0.15, -0.1) is 23.2 Å². The van der Waals surface area contributed by atoms with Gasteiger partial charge in [0.2, 0.25) is 0 Å². The van der Waals surface area contributed by atoms with Crippen molar-refractivity contribution in [1.29, 1.82) is 0 Å². The maximum Gasteiger partial charge on any atom is 0.338 e. The molecule has 3 aromatic carbocycles. The molecule has 4 aromatic rings. The van der Waals surface area contributed by atoms with E-state index in [1.165, 1.54) is 0 Å². The summed E-state index contributed by atoms with van der Waals surface area (Å²) in [7, 11) is 0. The summed E-state index contributed by atoms with van der Waals surface area (Å²) in [6.07, 6.45) is 0. The minimum atomic E-state index is -0.547. The number of halogens is 4. The number of nitrogens with one attached hydrogen (secondary N) is 1. The molecule has 0 saturated carbocycles. The first kappa shape index (κ1) is 28.9. The predicted molar refractivity (Wildman–Crippen MR) is 155 cm³/mol. The molecular formula is C28H27Cl4N3O2. The molecule has 194 valence electrons. The van der Waals surface area contributed by atoms with Gasteiger partial charge in [0.15, 0.2) is 0 Å². The molecule has 5 nitrogen and oxygen atoms in total. The van der Waals surface area contributed by atoms with E-state index in [1.54, 1.807) is 18.2 Å². The van der Waals surface area contributed by atoms with Gasteiger partial charge < -0.3 is 10.1 Å². The summed E-state index contributed by atoms with van der Waals surface area (Å²) in [5, 5.41) is 9.49. The highest BCUT2D eigenvalue weighted by Gasteiger charge is 2.18. The Balaban J connectivity index is 0.00000121. The van der Waals surface area contributed by atoms with Crippen LogP contribution >= 0.6 is 46.4 Å². The third-order valence-corrected chi connectivity index (χ3v) is 5.37. The highest BCUT2D eigenvalue weighted by atomic mass is 35.5. The molecule has 4 rings (SSSR count). The van der Waals surface area contributed by atoms with E-state index in [-0.39, 0.29) is 11.3 Å². The first-order valence-electron chi connectivity index (χ1n) is 11.3. The first-order valence-corrected chi connectivity index (χ1v) is 13.2. The molecule has 0 aliphatic carbocycles. The van der Waals surface area contributed by atoms with Crippen molar-refractivity contribution in [2.45, 2.75) is 33.3 Å². The predicted octanol–water partition coefficient (Wildman–Crippen LogP) is 9.27. The van der Waals surface area contributed by atoms with Gasteiger partial charge in [0, 0.05) is 27.4 Å². The summed E-state index contributed by atoms with van der Waals surface area (Å²) < 4.78 is 7.27. The second-order valence-electron chi connectivity index (χ2n) is 9.13. The average Bonchev–Trinajstić information content (AvgIpc) is 3.22. The van der Waals surface area contributed by atoms with E-state index in [0.717, 1.165) is 34.0 Å². The van der Waals surface area contributed by atoms with Crippen LogP contribution in [0.3, 0.4) is 0 Å². The number of anilines is 2. The van der Waals surface area contributed by atoms with Gasteiger partial charge in [0.05, 0.1) is 22.3 Å². The molecule has 0 atom stereocenters. The Hall–Kier alpha value is -2.70. The number of esters is 1. The standard InChI is InChI=1S/C27H25Cl2N3O2.CH2Cl2/c1-17-5-11-23(12-6-17)32-25(16-24(31-32)19-13-20(28)15-21(29)14-19)30-22-9-7-18(8-10-22)26(33)34-27(2,3)4;2-1-3/h5-16,30H,1-4H3;1H2. The topological polar surface area (TPSA) is 56.2 Å². The lowest BCUT2D eigenvalue weighted by atomic mass is 10.1. The van der Waals surface area contributed by atoms with Gasteiger partial charge in [-0.3, -0.25) is 0 Å². The number of alkyl halides is 2. The Labute approximate surface area is 237 Å². The molecule has 0 radical (unpaired) electrons. The third-order valence-electron chi connectivity index (χ3n) is 4.94. The number of rotatable bonds is 5. The number of carbonyl (C=O) groups excluding carboxylic acids is 1. The molecule has 0 aliphatic heterocycles. The zero-order valence-electron chi connectivity index (χ0n) is 20.9. The fourth-order valence-electron chi connectivity index (χ4n) is 3.37. The second kappa shape index (κ2) is 12.7. The molecule has 1 N–H and O–H groups in total. The number of carbonyl (C=O) groups is 1. The average molecular weight is 579 g/mol. The summed E-state index contributed by atoms with van der Waals surface area (Å²) in [4.78, 5) is 12.3. The molecule has 0 aliphatic rings.